The number of nitrogens with zero attached hydrogens (tertiary/aromatic N) is 1. The Morgan fingerprint density at radius 1 is 1.44 bits per heavy atom. The molecule has 2 unspecified atom stereocenters. The number of primary amides is 1. The van der Waals surface area contributed by atoms with Crippen molar-refractivity contribution >= 4 is 11.6 Å². The third kappa shape index (κ3) is 2.82. The summed E-state index contributed by atoms with van der Waals surface area (Å²) in [6.07, 6.45) is 1.92. The van der Waals surface area contributed by atoms with Crippen molar-refractivity contribution < 1.29 is 4.79 Å². The summed E-state index contributed by atoms with van der Waals surface area (Å²) < 4.78 is 0. The molecule has 18 heavy (non-hydrogen) atoms. The van der Waals surface area contributed by atoms with Crippen molar-refractivity contribution in [1.29, 1.82) is 0 Å². The maximum atomic E-state index is 11.6. The zero-order chi connectivity index (χ0) is 13.0. The van der Waals surface area contributed by atoms with Gasteiger partial charge < -0.3 is 11.1 Å². The van der Waals surface area contributed by atoms with Gasteiger partial charge in [0.05, 0.1) is 12.1 Å². The van der Waals surface area contributed by atoms with Crippen molar-refractivity contribution in [2.75, 3.05) is 18.4 Å². The molecule has 2 atom stereocenters. The molecule has 0 saturated carbocycles. The summed E-state index contributed by atoms with van der Waals surface area (Å²) in [7, 11) is 0. The summed E-state index contributed by atoms with van der Waals surface area (Å²) in [6, 6.07) is 9.98. The molecule has 1 fully saturated rings. The second-order valence-electron chi connectivity index (χ2n) is 4.73. The summed E-state index contributed by atoms with van der Waals surface area (Å²) >= 11 is 0. The van der Waals surface area contributed by atoms with Crippen LogP contribution in [0.3, 0.4) is 0 Å². The van der Waals surface area contributed by atoms with Crippen molar-refractivity contribution in [1.82, 2.24) is 4.90 Å². The first kappa shape index (κ1) is 12.9. The van der Waals surface area contributed by atoms with Crippen molar-refractivity contribution in [3.8, 4) is 0 Å². The Morgan fingerprint density at radius 2 is 2.17 bits per heavy atom. The number of carbonyl (C=O) groups excluding carboxylic acids is 1. The molecule has 98 valence electrons. The summed E-state index contributed by atoms with van der Waals surface area (Å²) in [5.41, 5.74) is 6.56. The predicted octanol–water partition coefficient (Wildman–Crippen LogP) is 1.64. The molecule has 4 heteroatoms. The molecule has 1 aromatic rings. The first-order chi connectivity index (χ1) is 8.72. The Kier molecular flexibility index (Phi) is 4.20. The predicted molar refractivity (Wildman–Crippen MR) is 73.0 cm³/mol. The molecule has 1 aliphatic heterocycles. The van der Waals surface area contributed by atoms with E-state index >= 15 is 0 Å². The standard InChI is InChI=1S/C14H21N3O/c1-2-17-10-6-9-12(13(15)18)14(17)16-11-7-4-3-5-8-11/h3-5,7-8,12,14,16H,2,6,9-10H2,1H3,(H2,15,18). The molecule has 1 aliphatic rings. The van der Waals surface area contributed by atoms with Crippen LogP contribution in [-0.4, -0.2) is 30.1 Å². The summed E-state index contributed by atoms with van der Waals surface area (Å²) in [5.74, 6) is -0.319. The third-order valence-electron chi connectivity index (χ3n) is 3.59. The van der Waals surface area contributed by atoms with Gasteiger partial charge in [-0.05, 0) is 31.5 Å². The van der Waals surface area contributed by atoms with E-state index in [2.05, 4.69) is 17.1 Å². The fraction of sp³-hybridized carbons (Fsp3) is 0.500. The van der Waals surface area contributed by atoms with Gasteiger partial charge in [-0.3, -0.25) is 9.69 Å². The summed E-state index contributed by atoms with van der Waals surface area (Å²) in [6.45, 7) is 4.06. The fourth-order valence-electron chi connectivity index (χ4n) is 2.62. The van der Waals surface area contributed by atoms with E-state index in [4.69, 9.17) is 5.73 Å². The van der Waals surface area contributed by atoms with Crippen molar-refractivity contribution in [3.05, 3.63) is 30.3 Å². The first-order valence-electron chi connectivity index (χ1n) is 6.57. The van der Waals surface area contributed by atoms with Gasteiger partial charge in [-0.1, -0.05) is 25.1 Å². The molecule has 0 aliphatic carbocycles. The summed E-state index contributed by atoms with van der Waals surface area (Å²) in [4.78, 5) is 13.9. The lowest BCUT2D eigenvalue weighted by Gasteiger charge is -2.40. The minimum Gasteiger partial charge on any atom is -0.369 e. The molecular formula is C14H21N3O. The van der Waals surface area contributed by atoms with Crippen molar-refractivity contribution in [2.24, 2.45) is 11.7 Å². The maximum absolute atomic E-state index is 11.6. The Morgan fingerprint density at radius 3 is 2.78 bits per heavy atom. The van der Waals surface area contributed by atoms with Crippen LogP contribution in [0.5, 0.6) is 0 Å². The van der Waals surface area contributed by atoms with Crippen LogP contribution in [0.15, 0.2) is 30.3 Å². The molecule has 0 radical (unpaired) electrons. The number of anilines is 1. The number of nitrogens with one attached hydrogen (secondary N) is 1. The molecule has 2 rings (SSSR count). The second kappa shape index (κ2) is 5.87. The smallest absolute Gasteiger partial charge is 0.223 e. The molecule has 1 heterocycles. The van der Waals surface area contributed by atoms with E-state index in [0.717, 1.165) is 31.6 Å². The van der Waals surface area contributed by atoms with Crippen LogP contribution in [0, 0.1) is 5.92 Å². The SMILES string of the molecule is CCN1CCCC(C(N)=O)C1Nc1ccccc1. The number of nitrogens with two attached hydrogens (primary N) is 1. The lowest BCUT2D eigenvalue weighted by molar-refractivity contribution is -0.125. The quantitative estimate of drug-likeness (QED) is 0.850. The maximum Gasteiger partial charge on any atom is 0.223 e. The molecule has 0 aromatic heterocycles. The van der Waals surface area contributed by atoms with Gasteiger partial charge in [0.2, 0.25) is 5.91 Å². The van der Waals surface area contributed by atoms with Gasteiger partial charge >= 0.3 is 0 Å². The fourth-order valence-corrected chi connectivity index (χ4v) is 2.62. The van der Waals surface area contributed by atoms with E-state index in [1.54, 1.807) is 0 Å². The molecule has 1 saturated heterocycles. The number of rotatable bonds is 4. The minimum absolute atomic E-state index is 0.0173. The monoisotopic (exact) mass is 247 g/mol. The highest BCUT2D eigenvalue weighted by Gasteiger charge is 2.33. The largest absolute Gasteiger partial charge is 0.369 e. The van der Waals surface area contributed by atoms with Gasteiger partial charge in [0.15, 0.2) is 0 Å². The number of piperidine rings is 1. The molecule has 0 spiro atoms. The molecule has 4 nitrogen and oxygen atoms in total. The van der Waals surface area contributed by atoms with Gasteiger partial charge in [0.25, 0.3) is 0 Å². The number of amides is 1. The third-order valence-corrected chi connectivity index (χ3v) is 3.59. The average molecular weight is 247 g/mol. The van der Waals surface area contributed by atoms with Crippen LogP contribution in [-0.2, 0) is 4.79 Å². The Labute approximate surface area is 108 Å². The van der Waals surface area contributed by atoms with E-state index in [-0.39, 0.29) is 18.0 Å². The van der Waals surface area contributed by atoms with Gasteiger partial charge in [-0.15, -0.1) is 0 Å². The number of hydrogen-bond donors (Lipinski definition) is 2. The van der Waals surface area contributed by atoms with E-state index in [1.807, 2.05) is 30.3 Å². The van der Waals surface area contributed by atoms with Crippen molar-refractivity contribution in [3.63, 3.8) is 0 Å². The van der Waals surface area contributed by atoms with Gasteiger partial charge in [-0.25, -0.2) is 0 Å². The van der Waals surface area contributed by atoms with E-state index < -0.39 is 0 Å². The minimum atomic E-state index is -0.207. The number of benzene rings is 1. The Balaban J connectivity index is 2.15. The van der Waals surface area contributed by atoms with Crippen LogP contribution < -0.4 is 11.1 Å². The van der Waals surface area contributed by atoms with Gasteiger partial charge in [0.1, 0.15) is 0 Å². The highest BCUT2D eigenvalue weighted by Crippen LogP contribution is 2.24. The normalized spacial score (nSPS) is 24.7. The zero-order valence-corrected chi connectivity index (χ0v) is 10.8. The van der Waals surface area contributed by atoms with Crippen LogP contribution in [0.4, 0.5) is 5.69 Å². The number of likely N-dealkylation sites (tertiary alicyclic amines) is 1. The highest BCUT2D eigenvalue weighted by molar-refractivity contribution is 5.78. The summed E-state index contributed by atoms with van der Waals surface area (Å²) in [5, 5.41) is 3.44. The molecular weight excluding hydrogens is 226 g/mol. The van der Waals surface area contributed by atoms with E-state index in [0.29, 0.717) is 0 Å². The highest BCUT2D eigenvalue weighted by atomic mass is 16.1. The van der Waals surface area contributed by atoms with Crippen LogP contribution in [0.2, 0.25) is 0 Å². The number of hydrogen-bond acceptors (Lipinski definition) is 3. The van der Waals surface area contributed by atoms with Crippen LogP contribution >= 0.6 is 0 Å². The second-order valence-corrected chi connectivity index (χ2v) is 4.73. The van der Waals surface area contributed by atoms with Crippen LogP contribution in [0.1, 0.15) is 19.8 Å². The average Bonchev–Trinajstić information content (AvgIpc) is 2.40. The number of carbonyl (C=O) groups is 1. The lowest BCUT2D eigenvalue weighted by atomic mass is 9.93. The molecule has 0 bridgehead atoms. The van der Waals surface area contributed by atoms with Gasteiger partial charge in [0, 0.05) is 12.2 Å². The molecule has 1 amide bonds. The lowest BCUT2D eigenvalue weighted by Crippen LogP contribution is -2.53. The molecule has 3 N–H and O–H groups in total. The van der Waals surface area contributed by atoms with E-state index in [9.17, 15) is 4.79 Å². The Bertz CT molecular complexity index is 393. The van der Waals surface area contributed by atoms with Crippen LogP contribution in [0.25, 0.3) is 0 Å². The van der Waals surface area contributed by atoms with Gasteiger partial charge in [-0.2, -0.15) is 0 Å². The van der Waals surface area contributed by atoms with Crippen molar-refractivity contribution in [2.45, 2.75) is 25.9 Å². The topological polar surface area (TPSA) is 58.4 Å². The molecule has 1 aromatic carbocycles. The Hall–Kier alpha value is -1.55. The van der Waals surface area contributed by atoms with E-state index in [1.165, 1.54) is 0 Å². The number of para-hydroxylation sites is 1. The first-order valence-corrected chi connectivity index (χ1v) is 6.57. The zero-order valence-electron chi connectivity index (χ0n) is 10.8.